The zero-order chi connectivity index (χ0) is 11.8. The zero-order valence-corrected chi connectivity index (χ0v) is 11.3. The molecule has 1 aromatic heterocycles. The minimum absolute atomic E-state index is 0.104. The highest BCUT2D eigenvalue weighted by molar-refractivity contribution is 9.10. The average Bonchev–Trinajstić information content (AvgIpc) is 2.52. The van der Waals surface area contributed by atoms with Crippen LogP contribution in [0.1, 0.15) is 6.42 Å². The van der Waals surface area contributed by atoms with E-state index >= 15 is 0 Å². The van der Waals surface area contributed by atoms with E-state index in [1.807, 2.05) is 0 Å². The van der Waals surface area contributed by atoms with Gasteiger partial charge in [-0.05, 0) is 34.0 Å². The molecule has 1 unspecified atom stereocenters. The SMILES string of the molecule is O=S1(=O)CCC(Nc2nc(Cl)ncc2Br)C1. The summed E-state index contributed by atoms with van der Waals surface area (Å²) in [4.78, 5) is 7.78. The molecular weight excluding hydrogens is 318 g/mol. The number of nitrogens with zero attached hydrogens (tertiary/aromatic N) is 2. The van der Waals surface area contributed by atoms with Gasteiger partial charge in [0, 0.05) is 12.2 Å². The van der Waals surface area contributed by atoms with E-state index in [9.17, 15) is 8.42 Å². The molecule has 5 nitrogen and oxygen atoms in total. The summed E-state index contributed by atoms with van der Waals surface area (Å²) in [5.41, 5.74) is 0. The monoisotopic (exact) mass is 325 g/mol. The molecule has 0 amide bonds. The van der Waals surface area contributed by atoms with Crippen LogP contribution in [-0.2, 0) is 9.84 Å². The van der Waals surface area contributed by atoms with Crippen molar-refractivity contribution in [3.05, 3.63) is 16.0 Å². The Morgan fingerprint density at radius 2 is 2.31 bits per heavy atom. The lowest BCUT2D eigenvalue weighted by molar-refractivity contribution is 0.602. The van der Waals surface area contributed by atoms with Crippen LogP contribution < -0.4 is 5.32 Å². The molecule has 0 aliphatic carbocycles. The highest BCUT2D eigenvalue weighted by Crippen LogP contribution is 2.23. The summed E-state index contributed by atoms with van der Waals surface area (Å²) in [6.07, 6.45) is 2.12. The van der Waals surface area contributed by atoms with Gasteiger partial charge in [-0.15, -0.1) is 0 Å². The first-order valence-corrected chi connectivity index (χ1v) is 7.60. The van der Waals surface area contributed by atoms with Gasteiger partial charge in [-0.3, -0.25) is 0 Å². The molecule has 88 valence electrons. The van der Waals surface area contributed by atoms with E-state index in [1.165, 1.54) is 6.20 Å². The lowest BCUT2D eigenvalue weighted by Crippen LogP contribution is -2.21. The van der Waals surface area contributed by atoms with E-state index in [2.05, 4.69) is 31.2 Å². The molecule has 0 aromatic carbocycles. The molecule has 2 rings (SSSR count). The van der Waals surface area contributed by atoms with Gasteiger partial charge in [-0.25, -0.2) is 13.4 Å². The first-order valence-electron chi connectivity index (χ1n) is 4.61. The summed E-state index contributed by atoms with van der Waals surface area (Å²) in [6.45, 7) is 0. The lowest BCUT2D eigenvalue weighted by atomic mass is 10.2. The Morgan fingerprint density at radius 3 is 2.94 bits per heavy atom. The van der Waals surface area contributed by atoms with Crippen molar-refractivity contribution in [2.45, 2.75) is 12.5 Å². The standard InChI is InChI=1S/C8H9BrClN3O2S/c9-6-3-11-8(10)13-7(6)12-5-1-2-16(14,15)4-5/h3,5H,1-2,4H2,(H,11,12,13). The maximum absolute atomic E-state index is 11.3. The summed E-state index contributed by atoms with van der Waals surface area (Å²) in [6, 6.07) is -0.104. The molecule has 1 atom stereocenters. The Kier molecular flexibility index (Phi) is 3.37. The third kappa shape index (κ3) is 2.83. The van der Waals surface area contributed by atoms with E-state index in [1.54, 1.807) is 0 Å². The van der Waals surface area contributed by atoms with Crippen molar-refractivity contribution in [3.8, 4) is 0 Å². The second-order valence-electron chi connectivity index (χ2n) is 3.58. The molecule has 16 heavy (non-hydrogen) atoms. The van der Waals surface area contributed by atoms with Crippen molar-refractivity contribution in [1.29, 1.82) is 0 Å². The second kappa shape index (κ2) is 4.46. The van der Waals surface area contributed by atoms with Crippen LogP contribution in [0.4, 0.5) is 5.82 Å². The highest BCUT2D eigenvalue weighted by Gasteiger charge is 2.28. The highest BCUT2D eigenvalue weighted by atomic mass is 79.9. The Morgan fingerprint density at radius 1 is 1.56 bits per heavy atom. The van der Waals surface area contributed by atoms with Crippen molar-refractivity contribution in [2.75, 3.05) is 16.8 Å². The van der Waals surface area contributed by atoms with Crippen LogP contribution in [0.2, 0.25) is 5.28 Å². The van der Waals surface area contributed by atoms with Crippen molar-refractivity contribution in [3.63, 3.8) is 0 Å². The number of sulfone groups is 1. The number of anilines is 1. The number of hydrogen-bond acceptors (Lipinski definition) is 5. The van der Waals surface area contributed by atoms with Crippen LogP contribution in [0.3, 0.4) is 0 Å². The second-order valence-corrected chi connectivity index (χ2v) is 7.00. The van der Waals surface area contributed by atoms with Gasteiger partial charge in [0.15, 0.2) is 9.84 Å². The molecule has 1 N–H and O–H groups in total. The van der Waals surface area contributed by atoms with E-state index in [-0.39, 0.29) is 22.8 Å². The van der Waals surface area contributed by atoms with Crippen molar-refractivity contribution >= 4 is 43.2 Å². The molecular formula is C8H9BrClN3O2S. The van der Waals surface area contributed by atoms with Crippen LogP contribution in [0, 0.1) is 0 Å². The van der Waals surface area contributed by atoms with Crippen LogP contribution >= 0.6 is 27.5 Å². The third-order valence-corrected chi connectivity index (χ3v) is 4.82. The van der Waals surface area contributed by atoms with Gasteiger partial charge in [-0.1, -0.05) is 0 Å². The van der Waals surface area contributed by atoms with Gasteiger partial charge in [0.25, 0.3) is 0 Å². The Hall–Kier alpha value is -0.400. The first kappa shape index (κ1) is 12.1. The Bertz CT molecular complexity index is 508. The van der Waals surface area contributed by atoms with Crippen LogP contribution in [0.25, 0.3) is 0 Å². The lowest BCUT2D eigenvalue weighted by Gasteiger charge is -2.12. The fraction of sp³-hybridized carbons (Fsp3) is 0.500. The molecule has 1 aromatic rings. The normalized spacial score (nSPS) is 23.2. The first-order chi connectivity index (χ1) is 7.46. The van der Waals surface area contributed by atoms with E-state index < -0.39 is 9.84 Å². The van der Waals surface area contributed by atoms with Gasteiger partial charge < -0.3 is 5.32 Å². The summed E-state index contributed by atoms with van der Waals surface area (Å²) >= 11 is 8.93. The largest absolute Gasteiger partial charge is 0.365 e. The molecule has 2 heterocycles. The number of hydrogen-bond donors (Lipinski definition) is 1. The summed E-state index contributed by atoms with van der Waals surface area (Å²) < 4.78 is 23.2. The number of rotatable bonds is 2. The quantitative estimate of drug-likeness (QED) is 0.834. The molecule has 1 aliphatic heterocycles. The topological polar surface area (TPSA) is 72.0 Å². The number of halogens is 2. The van der Waals surface area contributed by atoms with Gasteiger partial charge in [0.1, 0.15) is 5.82 Å². The van der Waals surface area contributed by atoms with Crippen molar-refractivity contribution < 1.29 is 8.42 Å². The predicted molar refractivity (Wildman–Crippen MR) is 65.4 cm³/mol. The number of nitrogens with one attached hydrogen (secondary N) is 1. The molecule has 0 saturated carbocycles. The van der Waals surface area contributed by atoms with Gasteiger partial charge in [-0.2, -0.15) is 4.98 Å². The maximum atomic E-state index is 11.3. The molecule has 1 aliphatic rings. The van der Waals surface area contributed by atoms with Gasteiger partial charge >= 0.3 is 0 Å². The Labute approximate surface area is 107 Å². The van der Waals surface area contributed by atoms with Crippen molar-refractivity contribution in [1.82, 2.24) is 9.97 Å². The summed E-state index contributed by atoms with van der Waals surface area (Å²) in [7, 11) is -2.89. The third-order valence-electron chi connectivity index (χ3n) is 2.29. The zero-order valence-electron chi connectivity index (χ0n) is 8.15. The fourth-order valence-electron chi connectivity index (χ4n) is 1.55. The molecule has 0 bridgehead atoms. The minimum atomic E-state index is -2.89. The fourth-order valence-corrected chi connectivity index (χ4v) is 3.66. The van der Waals surface area contributed by atoms with Crippen LogP contribution in [0.15, 0.2) is 10.7 Å². The van der Waals surface area contributed by atoms with Crippen LogP contribution in [-0.4, -0.2) is 35.9 Å². The van der Waals surface area contributed by atoms with Gasteiger partial charge in [0.05, 0.1) is 16.0 Å². The maximum Gasteiger partial charge on any atom is 0.224 e. The van der Waals surface area contributed by atoms with Crippen LogP contribution in [0.5, 0.6) is 0 Å². The summed E-state index contributed by atoms with van der Waals surface area (Å²) in [5.74, 6) is 0.893. The predicted octanol–water partition coefficient (Wildman–Crippen LogP) is 1.49. The number of aromatic nitrogens is 2. The summed E-state index contributed by atoms with van der Waals surface area (Å²) in [5, 5.41) is 3.18. The Balaban J connectivity index is 2.13. The molecule has 0 spiro atoms. The average molecular weight is 327 g/mol. The minimum Gasteiger partial charge on any atom is -0.365 e. The molecule has 1 fully saturated rings. The van der Waals surface area contributed by atoms with E-state index in [0.29, 0.717) is 16.7 Å². The van der Waals surface area contributed by atoms with Gasteiger partial charge in [0.2, 0.25) is 5.28 Å². The van der Waals surface area contributed by atoms with Crippen molar-refractivity contribution in [2.24, 2.45) is 0 Å². The van der Waals surface area contributed by atoms with E-state index in [4.69, 9.17) is 11.6 Å². The molecule has 8 heteroatoms. The smallest absolute Gasteiger partial charge is 0.224 e. The molecule has 1 saturated heterocycles. The van der Waals surface area contributed by atoms with E-state index in [0.717, 1.165) is 0 Å². The molecule has 0 radical (unpaired) electrons.